The number of piperidine rings is 1. The maximum Gasteiger partial charge on any atom is 0.227 e. The van der Waals surface area contributed by atoms with E-state index >= 15 is 0 Å². The smallest absolute Gasteiger partial charge is 0.227 e. The molecule has 0 radical (unpaired) electrons. The molecule has 2 aliphatic rings. The lowest BCUT2D eigenvalue weighted by atomic mass is 9.99. The van der Waals surface area contributed by atoms with Crippen molar-refractivity contribution in [2.45, 2.75) is 59.0 Å². The van der Waals surface area contributed by atoms with E-state index in [9.17, 15) is 4.79 Å². The van der Waals surface area contributed by atoms with Gasteiger partial charge in [0.15, 0.2) is 0 Å². The fourth-order valence-electron chi connectivity index (χ4n) is 4.37. The second-order valence-corrected chi connectivity index (χ2v) is 9.37. The van der Waals surface area contributed by atoms with Crippen molar-refractivity contribution >= 4 is 17.7 Å². The standard InChI is InChI=1S/C25H35N5O/c1-18(2)28(4)24-21-17-30(23(31)16-20-8-6-5-7-9-20)15-12-22(21)26-25(27-24)29-13-10-19(3)11-14-29/h5-9,18-19H,10-17H2,1-4H3. The van der Waals surface area contributed by atoms with Crippen LogP contribution in [0.15, 0.2) is 30.3 Å². The van der Waals surface area contributed by atoms with Gasteiger partial charge in [0.25, 0.3) is 0 Å². The molecule has 0 N–H and O–H groups in total. The van der Waals surface area contributed by atoms with Crippen molar-refractivity contribution in [3.63, 3.8) is 0 Å². The maximum atomic E-state index is 13.0. The molecule has 3 heterocycles. The van der Waals surface area contributed by atoms with Crippen molar-refractivity contribution in [1.29, 1.82) is 0 Å². The van der Waals surface area contributed by atoms with Crippen molar-refractivity contribution in [2.75, 3.05) is 36.5 Å². The average Bonchev–Trinajstić information content (AvgIpc) is 2.78. The Morgan fingerprint density at radius 1 is 1.13 bits per heavy atom. The van der Waals surface area contributed by atoms with Gasteiger partial charge in [0.05, 0.1) is 18.7 Å². The fraction of sp³-hybridized carbons (Fsp3) is 0.560. The van der Waals surface area contributed by atoms with E-state index in [1.807, 2.05) is 35.2 Å². The molecular weight excluding hydrogens is 386 g/mol. The lowest BCUT2D eigenvalue weighted by Gasteiger charge is -2.35. The number of rotatable bonds is 5. The summed E-state index contributed by atoms with van der Waals surface area (Å²) in [5.41, 5.74) is 3.27. The molecule has 1 saturated heterocycles. The molecule has 0 atom stereocenters. The summed E-state index contributed by atoms with van der Waals surface area (Å²) in [6.07, 6.45) is 3.61. The summed E-state index contributed by atoms with van der Waals surface area (Å²) < 4.78 is 0. The van der Waals surface area contributed by atoms with Crippen molar-refractivity contribution in [2.24, 2.45) is 5.92 Å². The first-order valence-corrected chi connectivity index (χ1v) is 11.6. The van der Waals surface area contributed by atoms with Crippen LogP contribution in [-0.2, 0) is 24.2 Å². The molecule has 2 aliphatic heterocycles. The monoisotopic (exact) mass is 421 g/mol. The Labute approximate surface area is 186 Å². The minimum absolute atomic E-state index is 0.170. The predicted molar refractivity (Wildman–Crippen MR) is 125 cm³/mol. The number of hydrogen-bond donors (Lipinski definition) is 0. The summed E-state index contributed by atoms with van der Waals surface area (Å²) in [4.78, 5) is 29.6. The van der Waals surface area contributed by atoms with Gasteiger partial charge in [-0.25, -0.2) is 4.98 Å². The van der Waals surface area contributed by atoms with Crippen LogP contribution >= 0.6 is 0 Å². The van der Waals surface area contributed by atoms with Crippen molar-refractivity contribution in [3.8, 4) is 0 Å². The molecule has 1 aromatic carbocycles. The van der Waals surface area contributed by atoms with Crippen molar-refractivity contribution in [3.05, 3.63) is 47.2 Å². The van der Waals surface area contributed by atoms with E-state index in [-0.39, 0.29) is 5.91 Å². The molecule has 0 aliphatic carbocycles. The molecule has 0 spiro atoms. The topological polar surface area (TPSA) is 52.6 Å². The van der Waals surface area contributed by atoms with Crippen molar-refractivity contribution in [1.82, 2.24) is 14.9 Å². The van der Waals surface area contributed by atoms with Crippen LogP contribution in [-0.4, -0.2) is 53.5 Å². The Morgan fingerprint density at radius 3 is 2.52 bits per heavy atom. The van der Waals surface area contributed by atoms with Gasteiger partial charge in [-0.2, -0.15) is 4.98 Å². The molecule has 6 heteroatoms. The number of carbonyl (C=O) groups is 1. The van der Waals surface area contributed by atoms with Gasteiger partial charge in [0.2, 0.25) is 11.9 Å². The molecule has 166 valence electrons. The molecule has 1 aromatic heterocycles. The Bertz CT molecular complexity index is 906. The van der Waals surface area contributed by atoms with Crippen molar-refractivity contribution < 1.29 is 4.79 Å². The zero-order valence-corrected chi connectivity index (χ0v) is 19.3. The van der Waals surface area contributed by atoms with Gasteiger partial charge in [-0.1, -0.05) is 37.3 Å². The second-order valence-electron chi connectivity index (χ2n) is 9.37. The summed E-state index contributed by atoms with van der Waals surface area (Å²) >= 11 is 0. The van der Waals surface area contributed by atoms with E-state index in [4.69, 9.17) is 9.97 Å². The maximum absolute atomic E-state index is 13.0. The Morgan fingerprint density at radius 2 is 1.84 bits per heavy atom. The van der Waals surface area contributed by atoms with Crippen LogP contribution in [0.5, 0.6) is 0 Å². The Balaban J connectivity index is 1.59. The van der Waals surface area contributed by atoms with Gasteiger partial charge < -0.3 is 14.7 Å². The highest BCUT2D eigenvalue weighted by atomic mass is 16.2. The minimum Gasteiger partial charge on any atom is -0.357 e. The summed E-state index contributed by atoms with van der Waals surface area (Å²) in [5.74, 6) is 2.78. The molecule has 31 heavy (non-hydrogen) atoms. The van der Waals surface area contributed by atoms with Crippen LogP contribution in [0.3, 0.4) is 0 Å². The van der Waals surface area contributed by atoms with Crippen LogP contribution in [0.2, 0.25) is 0 Å². The minimum atomic E-state index is 0.170. The molecule has 6 nitrogen and oxygen atoms in total. The van der Waals surface area contributed by atoms with E-state index in [0.717, 1.165) is 60.6 Å². The molecule has 4 rings (SSSR count). The lowest BCUT2D eigenvalue weighted by molar-refractivity contribution is -0.131. The summed E-state index contributed by atoms with van der Waals surface area (Å²) in [7, 11) is 2.10. The van der Waals surface area contributed by atoms with Crippen LogP contribution in [0.4, 0.5) is 11.8 Å². The second kappa shape index (κ2) is 9.25. The molecular formula is C25H35N5O. The van der Waals surface area contributed by atoms with Gasteiger partial charge in [-0.3, -0.25) is 4.79 Å². The third kappa shape index (κ3) is 4.83. The van der Waals surface area contributed by atoms with Gasteiger partial charge in [0.1, 0.15) is 5.82 Å². The molecule has 2 aromatic rings. The lowest BCUT2D eigenvalue weighted by Crippen LogP contribution is -2.40. The average molecular weight is 422 g/mol. The zero-order valence-electron chi connectivity index (χ0n) is 19.3. The molecule has 0 saturated carbocycles. The van der Waals surface area contributed by atoms with Crippen LogP contribution in [0, 0.1) is 5.92 Å². The Kier molecular flexibility index (Phi) is 6.44. The first-order chi connectivity index (χ1) is 14.9. The van der Waals surface area contributed by atoms with E-state index in [2.05, 4.69) is 37.6 Å². The SMILES string of the molecule is CC1CCN(c2nc3c(c(N(C)C(C)C)n2)CN(C(=O)Cc2ccccc2)CC3)CC1. The van der Waals surface area contributed by atoms with E-state index in [1.54, 1.807) is 0 Å². The quantitative estimate of drug-likeness (QED) is 0.737. The van der Waals surface area contributed by atoms with E-state index < -0.39 is 0 Å². The van der Waals surface area contributed by atoms with E-state index in [0.29, 0.717) is 19.0 Å². The first-order valence-electron chi connectivity index (χ1n) is 11.6. The fourth-order valence-corrected chi connectivity index (χ4v) is 4.37. The molecule has 0 unspecified atom stereocenters. The number of amides is 1. The number of aromatic nitrogens is 2. The van der Waals surface area contributed by atoms with Gasteiger partial charge in [-0.05, 0) is 38.2 Å². The zero-order chi connectivity index (χ0) is 22.0. The summed E-state index contributed by atoms with van der Waals surface area (Å²) in [6, 6.07) is 10.3. The summed E-state index contributed by atoms with van der Waals surface area (Å²) in [6.45, 7) is 10.0. The first kappa shape index (κ1) is 21.6. The molecule has 1 amide bonds. The molecule has 1 fully saturated rings. The van der Waals surface area contributed by atoms with Crippen LogP contribution in [0.1, 0.15) is 50.4 Å². The normalized spacial score (nSPS) is 17.1. The third-order valence-electron chi connectivity index (χ3n) is 6.75. The number of nitrogens with zero attached hydrogens (tertiary/aromatic N) is 5. The number of carbonyl (C=O) groups excluding carboxylic acids is 1. The number of anilines is 2. The van der Waals surface area contributed by atoms with Crippen LogP contribution < -0.4 is 9.80 Å². The molecule has 0 bridgehead atoms. The number of benzene rings is 1. The van der Waals surface area contributed by atoms with Crippen LogP contribution in [0.25, 0.3) is 0 Å². The highest BCUT2D eigenvalue weighted by Crippen LogP contribution is 2.31. The number of fused-ring (bicyclic) bond motifs is 1. The van der Waals surface area contributed by atoms with Gasteiger partial charge in [-0.15, -0.1) is 0 Å². The Hall–Kier alpha value is -2.63. The van der Waals surface area contributed by atoms with Gasteiger partial charge >= 0.3 is 0 Å². The van der Waals surface area contributed by atoms with E-state index in [1.165, 1.54) is 12.8 Å². The van der Waals surface area contributed by atoms with Gasteiger partial charge in [0, 0.05) is 44.7 Å². The third-order valence-corrected chi connectivity index (χ3v) is 6.75. The largest absolute Gasteiger partial charge is 0.357 e. The highest BCUT2D eigenvalue weighted by Gasteiger charge is 2.29. The summed E-state index contributed by atoms with van der Waals surface area (Å²) in [5, 5.41) is 0. The highest BCUT2D eigenvalue weighted by molar-refractivity contribution is 5.79. The predicted octanol–water partition coefficient (Wildman–Crippen LogP) is 3.68. The number of hydrogen-bond acceptors (Lipinski definition) is 5.